The van der Waals surface area contributed by atoms with E-state index in [1.807, 2.05) is 6.92 Å². The Hall–Kier alpha value is -1.04. The van der Waals surface area contributed by atoms with Crippen LogP contribution in [0.15, 0.2) is 11.6 Å². The summed E-state index contributed by atoms with van der Waals surface area (Å²) < 4.78 is 0. The highest BCUT2D eigenvalue weighted by atomic mass is 16.3. The number of hydrogen-bond donors (Lipinski definition) is 3. The second kappa shape index (κ2) is 7.17. The summed E-state index contributed by atoms with van der Waals surface area (Å²) in [6, 6.07) is 0. The number of aliphatic hydroxyl groups excluding tert-OH is 3. The number of Topliss-reactive ketones (excluding diaryl/α,β-unsaturated/α-hetero) is 1. The molecule has 0 unspecified atom stereocenters. The highest BCUT2D eigenvalue weighted by molar-refractivity contribution is 5.89. The average molecular weight is 364 g/mol. The molecule has 0 bridgehead atoms. The Bertz CT molecular complexity index is 599. The molecule has 2 saturated carbocycles. The van der Waals surface area contributed by atoms with Crippen LogP contribution in [0, 0.1) is 28.6 Å². The fourth-order valence-electron chi connectivity index (χ4n) is 6.09. The van der Waals surface area contributed by atoms with E-state index in [0.29, 0.717) is 19.3 Å². The van der Waals surface area contributed by atoms with E-state index >= 15 is 0 Å². The Morgan fingerprint density at radius 2 is 2.04 bits per heavy atom. The van der Waals surface area contributed by atoms with Gasteiger partial charge < -0.3 is 20.1 Å². The van der Waals surface area contributed by atoms with Gasteiger partial charge in [0, 0.05) is 23.7 Å². The number of fused-ring (bicyclic) bond motifs is 3. The van der Waals surface area contributed by atoms with Gasteiger partial charge in [0.1, 0.15) is 12.1 Å². The first-order valence-corrected chi connectivity index (χ1v) is 9.92. The minimum atomic E-state index is -1.05. The third kappa shape index (κ3) is 2.98. The highest BCUT2D eigenvalue weighted by Crippen LogP contribution is 2.59. The maximum atomic E-state index is 13.5. The first-order chi connectivity index (χ1) is 12.3. The number of carbonyl (C=O) groups is 2. The molecule has 0 aliphatic heterocycles. The molecule has 26 heavy (non-hydrogen) atoms. The van der Waals surface area contributed by atoms with Crippen LogP contribution in [0.5, 0.6) is 0 Å². The molecule has 3 aliphatic rings. The summed E-state index contributed by atoms with van der Waals surface area (Å²) in [6.45, 7) is 3.67. The normalized spacial score (nSPS) is 42.3. The lowest BCUT2D eigenvalue weighted by Gasteiger charge is -2.55. The maximum absolute atomic E-state index is 13.5. The fourth-order valence-corrected chi connectivity index (χ4v) is 6.09. The summed E-state index contributed by atoms with van der Waals surface area (Å²) in [5.41, 5.74) is 0.489. The zero-order valence-electron chi connectivity index (χ0n) is 15.9. The van der Waals surface area contributed by atoms with Crippen molar-refractivity contribution in [2.45, 2.75) is 71.0 Å². The van der Waals surface area contributed by atoms with Crippen LogP contribution in [0.25, 0.3) is 0 Å². The summed E-state index contributed by atoms with van der Waals surface area (Å²) in [7, 11) is 0. The van der Waals surface area contributed by atoms with E-state index in [-0.39, 0.29) is 35.6 Å². The van der Waals surface area contributed by atoms with Crippen molar-refractivity contribution >= 4 is 12.1 Å². The molecular weight excluding hydrogens is 332 g/mol. The summed E-state index contributed by atoms with van der Waals surface area (Å²) in [5.74, 6) is -0.239. The van der Waals surface area contributed by atoms with Gasteiger partial charge in [0.15, 0.2) is 0 Å². The molecule has 0 aromatic rings. The van der Waals surface area contributed by atoms with Gasteiger partial charge in [-0.25, -0.2) is 0 Å². The van der Waals surface area contributed by atoms with E-state index in [1.165, 1.54) is 5.57 Å². The van der Waals surface area contributed by atoms with Gasteiger partial charge in [-0.05, 0) is 49.9 Å². The molecule has 3 N–H and O–H groups in total. The molecule has 5 heteroatoms. The predicted molar refractivity (Wildman–Crippen MR) is 97.3 cm³/mol. The predicted octanol–water partition coefficient (Wildman–Crippen LogP) is 2.03. The van der Waals surface area contributed by atoms with Crippen LogP contribution < -0.4 is 0 Å². The van der Waals surface area contributed by atoms with Crippen LogP contribution in [-0.2, 0) is 9.59 Å². The molecule has 0 radical (unpaired) electrons. The summed E-state index contributed by atoms with van der Waals surface area (Å²) in [4.78, 5) is 24.7. The van der Waals surface area contributed by atoms with Gasteiger partial charge >= 0.3 is 0 Å². The Morgan fingerprint density at radius 1 is 1.31 bits per heavy atom. The van der Waals surface area contributed by atoms with Gasteiger partial charge in [-0.2, -0.15) is 0 Å². The molecule has 3 rings (SSSR count). The first kappa shape index (κ1) is 19.7. The van der Waals surface area contributed by atoms with Gasteiger partial charge in [0.05, 0.1) is 18.8 Å². The highest BCUT2D eigenvalue weighted by Gasteiger charge is 2.57. The molecule has 3 aliphatic carbocycles. The fraction of sp³-hybridized carbons (Fsp3) is 0.810. The van der Waals surface area contributed by atoms with Crippen molar-refractivity contribution in [1.82, 2.24) is 0 Å². The molecule has 0 amide bonds. The van der Waals surface area contributed by atoms with E-state index in [9.17, 15) is 24.9 Å². The third-order valence-corrected chi connectivity index (χ3v) is 7.80. The standard InChI is InChI=1S/C21H32O5/c1-20-8-5-14(24)11-13(20)3-4-15-16(20)6-9-21(2,19(15)26)17(7-10-22)18(25)12-23/h3,10,14-18,23-25H,4-9,11-12H2,1-2H3/t14-,15+,16-,17-,18+,20-,21+/m0/s1. The minimum Gasteiger partial charge on any atom is -0.394 e. The molecule has 146 valence electrons. The molecule has 7 atom stereocenters. The molecule has 0 aromatic heterocycles. The van der Waals surface area contributed by atoms with Crippen LogP contribution in [0.4, 0.5) is 0 Å². The van der Waals surface area contributed by atoms with Gasteiger partial charge in [0.2, 0.25) is 0 Å². The Labute approximate surface area is 155 Å². The summed E-state index contributed by atoms with van der Waals surface area (Å²) in [5, 5.41) is 29.7. The number of aliphatic hydroxyl groups is 3. The lowest BCUT2D eigenvalue weighted by atomic mass is 9.48. The van der Waals surface area contributed by atoms with Crippen molar-refractivity contribution < 1.29 is 24.9 Å². The lowest BCUT2D eigenvalue weighted by molar-refractivity contribution is -0.151. The number of allylic oxidation sites excluding steroid dienone is 1. The van der Waals surface area contributed by atoms with Gasteiger partial charge in [-0.15, -0.1) is 0 Å². The number of aldehydes is 1. The Morgan fingerprint density at radius 3 is 2.69 bits per heavy atom. The van der Waals surface area contributed by atoms with E-state index in [0.717, 1.165) is 25.5 Å². The number of hydrogen-bond acceptors (Lipinski definition) is 5. The number of ketones is 1. The van der Waals surface area contributed by atoms with Crippen LogP contribution in [0.1, 0.15) is 58.8 Å². The van der Waals surface area contributed by atoms with Gasteiger partial charge in [-0.1, -0.05) is 25.5 Å². The van der Waals surface area contributed by atoms with Gasteiger partial charge in [0.25, 0.3) is 0 Å². The quantitative estimate of drug-likeness (QED) is 0.512. The van der Waals surface area contributed by atoms with Crippen LogP contribution >= 0.6 is 0 Å². The third-order valence-electron chi connectivity index (χ3n) is 7.80. The number of carbonyl (C=O) groups excluding carboxylic acids is 2. The van der Waals surface area contributed by atoms with E-state index < -0.39 is 24.0 Å². The Balaban J connectivity index is 1.90. The van der Waals surface area contributed by atoms with Crippen molar-refractivity contribution in [1.29, 1.82) is 0 Å². The molecular formula is C21H32O5. The summed E-state index contributed by atoms with van der Waals surface area (Å²) >= 11 is 0. The first-order valence-electron chi connectivity index (χ1n) is 9.92. The topological polar surface area (TPSA) is 94.8 Å². The summed E-state index contributed by atoms with van der Waals surface area (Å²) in [6.07, 6.45) is 6.25. The molecule has 2 fully saturated rings. The lowest BCUT2D eigenvalue weighted by Crippen LogP contribution is -2.55. The van der Waals surface area contributed by atoms with E-state index in [4.69, 9.17) is 0 Å². The molecule has 0 saturated heterocycles. The molecule has 5 nitrogen and oxygen atoms in total. The van der Waals surface area contributed by atoms with E-state index in [2.05, 4.69) is 13.0 Å². The largest absolute Gasteiger partial charge is 0.394 e. The molecule has 0 heterocycles. The smallest absolute Gasteiger partial charge is 0.142 e. The average Bonchev–Trinajstić information content (AvgIpc) is 2.62. The maximum Gasteiger partial charge on any atom is 0.142 e. The van der Waals surface area contributed by atoms with Crippen LogP contribution in [-0.4, -0.2) is 46.2 Å². The Kier molecular flexibility index (Phi) is 5.44. The second-order valence-electron chi connectivity index (χ2n) is 9.07. The number of rotatable bonds is 5. The monoisotopic (exact) mass is 364 g/mol. The van der Waals surface area contributed by atoms with Crippen molar-refractivity contribution in [2.75, 3.05) is 6.61 Å². The van der Waals surface area contributed by atoms with Crippen LogP contribution in [0.2, 0.25) is 0 Å². The zero-order valence-corrected chi connectivity index (χ0v) is 15.9. The SMILES string of the molecule is C[C@]1([C@@H](CC=O)[C@H](O)CO)CC[C@H]2[C@@H](CC=C3C[C@@H](O)CC[C@@]32C)C1=O. The molecule has 0 spiro atoms. The minimum absolute atomic E-state index is 0.0329. The van der Waals surface area contributed by atoms with Crippen LogP contribution in [0.3, 0.4) is 0 Å². The van der Waals surface area contributed by atoms with Crippen molar-refractivity contribution in [3.63, 3.8) is 0 Å². The van der Waals surface area contributed by atoms with Crippen molar-refractivity contribution in [3.8, 4) is 0 Å². The van der Waals surface area contributed by atoms with Crippen molar-refractivity contribution in [3.05, 3.63) is 11.6 Å². The molecule has 0 aromatic carbocycles. The zero-order chi connectivity index (χ0) is 19.1. The van der Waals surface area contributed by atoms with Gasteiger partial charge in [-0.3, -0.25) is 4.79 Å². The van der Waals surface area contributed by atoms with Crippen molar-refractivity contribution in [2.24, 2.45) is 28.6 Å². The van der Waals surface area contributed by atoms with E-state index in [1.54, 1.807) is 0 Å². The second-order valence-corrected chi connectivity index (χ2v) is 9.07.